The zero-order chi connectivity index (χ0) is 27.2. The number of amides is 2. The van der Waals surface area contributed by atoms with Crippen LogP contribution in [-0.4, -0.2) is 45.2 Å². The van der Waals surface area contributed by atoms with E-state index in [0.29, 0.717) is 17.0 Å². The number of aromatic nitrogens is 4. The molecule has 2 amide bonds. The molecule has 0 radical (unpaired) electrons. The predicted octanol–water partition coefficient (Wildman–Crippen LogP) is 4.81. The molecule has 1 aliphatic carbocycles. The molecule has 0 saturated heterocycles. The van der Waals surface area contributed by atoms with Crippen LogP contribution in [0.1, 0.15) is 54.1 Å². The van der Waals surface area contributed by atoms with E-state index < -0.39 is 6.04 Å². The Balaban J connectivity index is 1.59. The highest BCUT2D eigenvalue weighted by Crippen LogP contribution is 2.33. The van der Waals surface area contributed by atoms with E-state index in [1.54, 1.807) is 16.7 Å². The monoisotopic (exact) mass is 544 g/mol. The number of thiophene rings is 1. The normalized spacial score (nSPS) is 14.5. The van der Waals surface area contributed by atoms with Crippen LogP contribution in [0.4, 0.5) is 5.69 Å². The third kappa shape index (κ3) is 6.17. The Labute approximate surface area is 231 Å². The maximum Gasteiger partial charge on any atom is 0.248 e. The van der Waals surface area contributed by atoms with Crippen molar-refractivity contribution >= 4 is 28.8 Å². The Kier molecular flexibility index (Phi) is 8.31. The number of rotatable bonds is 9. The second-order valence-electron chi connectivity index (χ2n) is 9.77. The maximum absolute atomic E-state index is 14.1. The summed E-state index contributed by atoms with van der Waals surface area (Å²) >= 11 is 1.52. The first-order chi connectivity index (χ1) is 19.0. The molecule has 1 aliphatic rings. The Morgan fingerprint density at radius 3 is 2.67 bits per heavy atom. The lowest BCUT2D eigenvalue weighted by Gasteiger charge is -2.34. The maximum atomic E-state index is 14.1. The van der Waals surface area contributed by atoms with Crippen molar-refractivity contribution in [1.29, 1.82) is 0 Å². The zero-order valence-corrected chi connectivity index (χ0v) is 22.9. The average molecular weight is 545 g/mol. The lowest BCUT2D eigenvalue weighted by Crippen LogP contribution is -2.47. The average Bonchev–Trinajstić information content (AvgIpc) is 3.67. The van der Waals surface area contributed by atoms with E-state index in [9.17, 15) is 9.59 Å². The first-order valence-corrected chi connectivity index (χ1v) is 14.0. The third-order valence-electron chi connectivity index (χ3n) is 7.10. The van der Waals surface area contributed by atoms with Crippen molar-refractivity contribution in [3.05, 3.63) is 82.3 Å². The fourth-order valence-electron chi connectivity index (χ4n) is 5.16. The molecule has 2 aromatic heterocycles. The minimum atomic E-state index is -0.882. The molecule has 39 heavy (non-hydrogen) atoms. The molecular formula is C29H32N6O3S. The standard InChI is InChI=1S/C29H32N6O3S/c1-20-16-23(13-14-26(20)34-19-30-32-33-34)35(27(36)18-25-12-7-15-39-25)28(21-8-6-11-24(17-21)38-2)29(37)31-22-9-4-3-5-10-22/h6-8,11-17,19,22,28H,3-5,9-10,18H2,1-2H3,(H,31,37)/t28-/m0/s1. The molecule has 5 rings (SSSR count). The number of carbonyl (C=O) groups excluding carboxylic acids is 2. The molecular weight excluding hydrogens is 512 g/mol. The number of tetrazole rings is 1. The summed E-state index contributed by atoms with van der Waals surface area (Å²) in [6.07, 6.45) is 6.96. The smallest absolute Gasteiger partial charge is 0.248 e. The van der Waals surface area contributed by atoms with Gasteiger partial charge in [0.25, 0.3) is 0 Å². The van der Waals surface area contributed by atoms with Crippen molar-refractivity contribution < 1.29 is 14.3 Å². The number of aryl methyl sites for hydroxylation is 1. The van der Waals surface area contributed by atoms with Crippen LogP contribution in [0, 0.1) is 6.92 Å². The van der Waals surface area contributed by atoms with Gasteiger partial charge in [0.2, 0.25) is 11.8 Å². The van der Waals surface area contributed by atoms with Crippen molar-refractivity contribution in [3.63, 3.8) is 0 Å². The van der Waals surface area contributed by atoms with Gasteiger partial charge in [-0.25, -0.2) is 4.68 Å². The van der Waals surface area contributed by atoms with Crippen LogP contribution in [0.5, 0.6) is 5.75 Å². The Morgan fingerprint density at radius 2 is 1.97 bits per heavy atom. The van der Waals surface area contributed by atoms with Crippen LogP contribution in [-0.2, 0) is 16.0 Å². The number of hydrogen-bond acceptors (Lipinski definition) is 7. The topological polar surface area (TPSA) is 102 Å². The number of nitrogens with one attached hydrogen (secondary N) is 1. The van der Waals surface area contributed by atoms with Crippen molar-refractivity contribution in [2.45, 2.75) is 57.5 Å². The zero-order valence-electron chi connectivity index (χ0n) is 22.1. The number of ether oxygens (including phenoxy) is 1. The van der Waals surface area contributed by atoms with Gasteiger partial charge in [0, 0.05) is 16.6 Å². The van der Waals surface area contributed by atoms with Gasteiger partial charge in [-0.15, -0.1) is 16.4 Å². The van der Waals surface area contributed by atoms with E-state index in [0.717, 1.165) is 41.8 Å². The Hall–Kier alpha value is -4.05. The van der Waals surface area contributed by atoms with Crippen LogP contribution in [0.3, 0.4) is 0 Å². The fraction of sp³-hybridized carbons (Fsp3) is 0.345. The van der Waals surface area contributed by atoms with Crippen molar-refractivity contribution in [2.24, 2.45) is 0 Å². The van der Waals surface area contributed by atoms with E-state index in [1.165, 1.54) is 24.1 Å². The van der Waals surface area contributed by atoms with Crippen molar-refractivity contribution in [1.82, 2.24) is 25.5 Å². The summed E-state index contributed by atoms with van der Waals surface area (Å²) in [5, 5.41) is 16.7. The highest BCUT2D eigenvalue weighted by Gasteiger charge is 2.34. The first kappa shape index (κ1) is 26.6. The van der Waals surface area contributed by atoms with Gasteiger partial charge in [0.1, 0.15) is 18.1 Å². The third-order valence-corrected chi connectivity index (χ3v) is 7.97. The fourth-order valence-corrected chi connectivity index (χ4v) is 5.85. The summed E-state index contributed by atoms with van der Waals surface area (Å²) in [6, 6.07) is 16.1. The number of hydrogen-bond donors (Lipinski definition) is 1. The van der Waals surface area contributed by atoms with Gasteiger partial charge in [-0.2, -0.15) is 0 Å². The number of benzene rings is 2. The van der Waals surface area contributed by atoms with Gasteiger partial charge in [-0.3, -0.25) is 14.5 Å². The van der Waals surface area contributed by atoms with Gasteiger partial charge >= 0.3 is 0 Å². The molecule has 0 aliphatic heterocycles. The lowest BCUT2D eigenvalue weighted by atomic mass is 9.94. The van der Waals surface area contributed by atoms with Crippen molar-refractivity contribution in [2.75, 3.05) is 12.0 Å². The molecule has 202 valence electrons. The van der Waals surface area contributed by atoms with E-state index >= 15 is 0 Å². The van der Waals surface area contributed by atoms with Crippen LogP contribution in [0.15, 0.2) is 66.3 Å². The van der Waals surface area contributed by atoms with E-state index in [2.05, 4.69) is 20.8 Å². The molecule has 1 saturated carbocycles. The lowest BCUT2D eigenvalue weighted by molar-refractivity contribution is -0.127. The number of methoxy groups -OCH3 is 1. The van der Waals surface area contributed by atoms with Crippen LogP contribution in [0.2, 0.25) is 0 Å². The summed E-state index contributed by atoms with van der Waals surface area (Å²) in [5.41, 5.74) is 2.96. The van der Waals surface area contributed by atoms with Crippen LogP contribution >= 0.6 is 11.3 Å². The van der Waals surface area contributed by atoms with Crippen molar-refractivity contribution in [3.8, 4) is 11.4 Å². The van der Waals surface area contributed by atoms with Gasteiger partial charge in [0.15, 0.2) is 0 Å². The van der Waals surface area contributed by atoms with Gasteiger partial charge in [-0.05, 0) is 83.1 Å². The molecule has 0 spiro atoms. The van der Waals surface area contributed by atoms with E-state index in [1.807, 2.05) is 66.9 Å². The highest BCUT2D eigenvalue weighted by molar-refractivity contribution is 7.10. The molecule has 0 unspecified atom stereocenters. The van der Waals surface area contributed by atoms with E-state index in [-0.39, 0.29) is 24.3 Å². The molecule has 10 heteroatoms. The summed E-state index contributed by atoms with van der Waals surface area (Å²) in [6.45, 7) is 1.94. The summed E-state index contributed by atoms with van der Waals surface area (Å²) in [5.74, 6) is 0.259. The molecule has 1 atom stereocenters. The largest absolute Gasteiger partial charge is 0.497 e. The molecule has 1 N–H and O–H groups in total. The minimum Gasteiger partial charge on any atom is -0.497 e. The molecule has 9 nitrogen and oxygen atoms in total. The van der Waals surface area contributed by atoms with Gasteiger partial charge in [0.05, 0.1) is 19.2 Å². The molecule has 2 heterocycles. The van der Waals surface area contributed by atoms with E-state index in [4.69, 9.17) is 4.74 Å². The number of nitrogens with zero attached hydrogens (tertiary/aromatic N) is 5. The summed E-state index contributed by atoms with van der Waals surface area (Å²) in [4.78, 5) is 30.7. The predicted molar refractivity (Wildman–Crippen MR) is 150 cm³/mol. The second-order valence-corrected chi connectivity index (χ2v) is 10.8. The van der Waals surface area contributed by atoms with Crippen LogP contribution in [0.25, 0.3) is 5.69 Å². The number of carbonyl (C=O) groups is 2. The SMILES string of the molecule is COc1cccc([C@@H](C(=O)NC2CCCCC2)N(C(=O)Cc2cccs2)c2ccc(-n3cnnn3)c(C)c2)c1. The highest BCUT2D eigenvalue weighted by atomic mass is 32.1. The van der Waals surface area contributed by atoms with Gasteiger partial charge < -0.3 is 10.1 Å². The molecule has 2 aromatic carbocycles. The minimum absolute atomic E-state index is 0.0949. The Bertz CT molecular complexity index is 1400. The molecule has 4 aromatic rings. The quantitative estimate of drug-likeness (QED) is 0.325. The van der Waals surface area contributed by atoms with Gasteiger partial charge in [-0.1, -0.05) is 37.5 Å². The van der Waals surface area contributed by atoms with Crippen LogP contribution < -0.4 is 15.0 Å². The Morgan fingerprint density at radius 1 is 1.13 bits per heavy atom. The molecule has 1 fully saturated rings. The first-order valence-electron chi connectivity index (χ1n) is 13.2. The molecule has 0 bridgehead atoms. The summed E-state index contributed by atoms with van der Waals surface area (Å²) in [7, 11) is 1.59. The number of anilines is 1. The second kappa shape index (κ2) is 12.2. The summed E-state index contributed by atoms with van der Waals surface area (Å²) < 4.78 is 7.06.